The quantitative estimate of drug-likeness (QED) is 0.504. The molecule has 1 unspecified atom stereocenters. The van der Waals surface area contributed by atoms with Crippen LogP contribution in [0, 0.1) is 5.41 Å². The number of benzene rings is 2. The smallest absolute Gasteiger partial charge is 0.0150 e. The Morgan fingerprint density at radius 1 is 0.889 bits per heavy atom. The van der Waals surface area contributed by atoms with E-state index >= 15 is 0 Å². The molecule has 0 radical (unpaired) electrons. The molecule has 1 aliphatic carbocycles. The van der Waals surface area contributed by atoms with Crippen molar-refractivity contribution >= 4 is 6.08 Å². The highest BCUT2D eigenvalue weighted by molar-refractivity contribution is 5.50. The fourth-order valence-corrected chi connectivity index (χ4v) is 4.12. The first-order chi connectivity index (χ1) is 12.9. The standard InChI is InChI=1S/C27H36/c1-21(24-14-10-22(11-15-24)18-19-27(2,3)4)20-23-12-16-26(17-13-23)25-8-6-5-7-9-25/h10-19,21,25H,5-9,20H2,1-4H3/b19-18+. The minimum atomic E-state index is 0.232. The maximum absolute atomic E-state index is 2.39. The van der Waals surface area contributed by atoms with E-state index in [2.05, 4.69) is 88.4 Å². The van der Waals surface area contributed by atoms with Gasteiger partial charge in [-0.05, 0) is 58.8 Å². The summed E-state index contributed by atoms with van der Waals surface area (Å²) in [5.41, 5.74) is 5.97. The fourth-order valence-electron chi connectivity index (χ4n) is 4.12. The Hall–Kier alpha value is -1.82. The topological polar surface area (TPSA) is 0 Å². The van der Waals surface area contributed by atoms with Crippen molar-refractivity contribution in [1.82, 2.24) is 0 Å². The molecule has 2 aromatic rings. The second-order valence-corrected chi connectivity index (χ2v) is 9.55. The van der Waals surface area contributed by atoms with Crippen molar-refractivity contribution in [2.45, 2.75) is 78.1 Å². The molecule has 3 rings (SSSR count). The normalized spacial score (nSPS) is 17.3. The van der Waals surface area contributed by atoms with Crippen molar-refractivity contribution in [1.29, 1.82) is 0 Å². The highest BCUT2D eigenvalue weighted by atomic mass is 14.2. The zero-order valence-corrected chi connectivity index (χ0v) is 17.7. The average Bonchev–Trinajstić information content (AvgIpc) is 2.67. The summed E-state index contributed by atoms with van der Waals surface area (Å²) in [7, 11) is 0. The van der Waals surface area contributed by atoms with Gasteiger partial charge in [-0.15, -0.1) is 0 Å². The van der Waals surface area contributed by atoms with E-state index in [-0.39, 0.29) is 5.41 Å². The van der Waals surface area contributed by atoms with Gasteiger partial charge in [-0.2, -0.15) is 0 Å². The fraction of sp³-hybridized carbons (Fsp3) is 0.481. The molecule has 0 heteroatoms. The van der Waals surface area contributed by atoms with Crippen LogP contribution in [0.1, 0.15) is 93.9 Å². The van der Waals surface area contributed by atoms with Crippen LogP contribution in [0.15, 0.2) is 54.6 Å². The van der Waals surface area contributed by atoms with E-state index in [1.807, 2.05) is 0 Å². The predicted molar refractivity (Wildman–Crippen MR) is 119 cm³/mol. The first-order valence-corrected chi connectivity index (χ1v) is 10.8. The summed E-state index contributed by atoms with van der Waals surface area (Å²) < 4.78 is 0. The van der Waals surface area contributed by atoms with Crippen molar-refractivity contribution in [3.8, 4) is 0 Å². The van der Waals surface area contributed by atoms with Crippen LogP contribution in [-0.2, 0) is 6.42 Å². The Bertz CT molecular complexity index is 719. The summed E-state index contributed by atoms with van der Waals surface area (Å²) in [5.74, 6) is 1.35. The molecular formula is C27H36. The van der Waals surface area contributed by atoms with Gasteiger partial charge in [0.25, 0.3) is 0 Å². The summed E-state index contributed by atoms with van der Waals surface area (Å²) in [6.45, 7) is 9.05. The molecule has 0 N–H and O–H groups in total. The van der Waals surface area contributed by atoms with Crippen LogP contribution < -0.4 is 0 Å². The van der Waals surface area contributed by atoms with Crippen molar-refractivity contribution in [2.75, 3.05) is 0 Å². The van der Waals surface area contributed by atoms with Crippen LogP contribution in [0.3, 0.4) is 0 Å². The van der Waals surface area contributed by atoms with E-state index in [1.54, 1.807) is 5.56 Å². The van der Waals surface area contributed by atoms with E-state index in [1.165, 1.54) is 48.8 Å². The van der Waals surface area contributed by atoms with E-state index < -0.39 is 0 Å². The van der Waals surface area contributed by atoms with Crippen molar-refractivity contribution in [2.24, 2.45) is 5.41 Å². The maximum Gasteiger partial charge on any atom is -0.0150 e. The molecule has 1 fully saturated rings. The van der Waals surface area contributed by atoms with Crippen LogP contribution in [-0.4, -0.2) is 0 Å². The lowest BCUT2D eigenvalue weighted by atomic mass is 9.83. The minimum absolute atomic E-state index is 0.232. The van der Waals surface area contributed by atoms with Gasteiger partial charge in [0.2, 0.25) is 0 Å². The molecule has 0 nitrogen and oxygen atoms in total. The van der Waals surface area contributed by atoms with Gasteiger partial charge in [0, 0.05) is 0 Å². The minimum Gasteiger partial charge on any atom is -0.0785 e. The lowest BCUT2D eigenvalue weighted by Gasteiger charge is -2.22. The zero-order valence-electron chi connectivity index (χ0n) is 17.7. The predicted octanol–water partition coefficient (Wildman–Crippen LogP) is 8.14. The van der Waals surface area contributed by atoms with E-state index in [9.17, 15) is 0 Å². The summed E-state index contributed by atoms with van der Waals surface area (Å²) >= 11 is 0. The Morgan fingerprint density at radius 2 is 1.52 bits per heavy atom. The molecule has 27 heavy (non-hydrogen) atoms. The third kappa shape index (κ3) is 6.09. The first-order valence-electron chi connectivity index (χ1n) is 10.8. The molecule has 2 aromatic carbocycles. The third-order valence-corrected chi connectivity index (χ3v) is 5.88. The van der Waals surface area contributed by atoms with Gasteiger partial charge in [0.05, 0.1) is 0 Å². The Balaban J connectivity index is 1.59. The van der Waals surface area contributed by atoms with Crippen LogP contribution in [0.4, 0.5) is 0 Å². The summed E-state index contributed by atoms with van der Waals surface area (Å²) in [5, 5.41) is 0. The van der Waals surface area contributed by atoms with Crippen molar-refractivity contribution in [3.05, 3.63) is 76.9 Å². The average molecular weight is 361 g/mol. The summed E-state index contributed by atoms with van der Waals surface area (Å²) in [4.78, 5) is 0. The SMILES string of the molecule is CC(Cc1ccc(C2CCCCC2)cc1)c1ccc(/C=C/C(C)(C)C)cc1. The van der Waals surface area contributed by atoms with E-state index in [4.69, 9.17) is 0 Å². The van der Waals surface area contributed by atoms with Gasteiger partial charge in [0.1, 0.15) is 0 Å². The molecule has 0 aromatic heterocycles. The maximum atomic E-state index is 2.39. The number of allylic oxidation sites excluding steroid dienone is 1. The molecule has 1 aliphatic rings. The largest absolute Gasteiger partial charge is 0.0785 e. The molecule has 0 bridgehead atoms. The molecular weight excluding hydrogens is 324 g/mol. The molecule has 0 heterocycles. The van der Waals surface area contributed by atoms with Crippen LogP contribution in [0.5, 0.6) is 0 Å². The molecule has 0 aliphatic heterocycles. The van der Waals surface area contributed by atoms with Gasteiger partial charge in [0.15, 0.2) is 0 Å². The van der Waals surface area contributed by atoms with Gasteiger partial charge in [-0.25, -0.2) is 0 Å². The first kappa shape index (κ1) is 19.9. The van der Waals surface area contributed by atoms with Crippen LogP contribution in [0.2, 0.25) is 0 Å². The zero-order chi connectivity index (χ0) is 19.3. The Labute approximate surface area is 166 Å². The summed E-state index contributed by atoms with van der Waals surface area (Å²) in [6, 6.07) is 18.6. The highest BCUT2D eigenvalue weighted by Gasteiger charge is 2.15. The molecule has 0 saturated heterocycles. The third-order valence-electron chi connectivity index (χ3n) is 5.88. The molecule has 1 atom stereocenters. The van der Waals surface area contributed by atoms with Gasteiger partial charge >= 0.3 is 0 Å². The van der Waals surface area contributed by atoms with Gasteiger partial charge < -0.3 is 0 Å². The summed E-state index contributed by atoms with van der Waals surface area (Å²) in [6.07, 6.45) is 12.6. The van der Waals surface area contributed by atoms with E-state index in [0.29, 0.717) is 5.92 Å². The monoisotopic (exact) mass is 360 g/mol. The second kappa shape index (κ2) is 8.91. The molecule has 0 amide bonds. The number of hydrogen-bond acceptors (Lipinski definition) is 0. The Morgan fingerprint density at radius 3 is 2.11 bits per heavy atom. The van der Waals surface area contributed by atoms with Gasteiger partial charge in [-0.3, -0.25) is 0 Å². The van der Waals surface area contributed by atoms with Crippen LogP contribution in [0.25, 0.3) is 6.08 Å². The van der Waals surface area contributed by atoms with Crippen LogP contribution >= 0.6 is 0 Å². The van der Waals surface area contributed by atoms with Crippen molar-refractivity contribution in [3.63, 3.8) is 0 Å². The second-order valence-electron chi connectivity index (χ2n) is 9.55. The molecule has 144 valence electrons. The molecule has 0 spiro atoms. The van der Waals surface area contributed by atoms with E-state index in [0.717, 1.165) is 12.3 Å². The highest BCUT2D eigenvalue weighted by Crippen LogP contribution is 2.33. The number of hydrogen-bond donors (Lipinski definition) is 0. The van der Waals surface area contributed by atoms with Gasteiger partial charge in [-0.1, -0.05) is 108 Å². The van der Waals surface area contributed by atoms with Crippen molar-refractivity contribution < 1.29 is 0 Å². The lowest BCUT2D eigenvalue weighted by molar-refractivity contribution is 0.443. The Kier molecular flexibility index (Phi) is 6.58. The lowest BCUT2D eigenvalue weighted by Crippen LogP contribution is -2.05. The molecule has 1 saturated carbocycles. The number of rotatable bonds is 5.